The summed E-state index contributed by atoms with van der Waals surface area (Å²) in [7, 11) is 0. The van der Waals surface area contributed by atoms with E-state index in [1.54, 1.807) is 0 Å². The lowest BCUT2D eigenvalue weighted by molar-refractivity contribution is -0.193. The predicted octanol–water partition coefficient (Wildman–Crippen LogP) is -0.0438. The first-order chi connectivity index (χ1) is 20.7. The van der Waals surface area contributed by atoms with Crippen LogP contribution >= 0.6 is 0 Å². The topological polar surface area (TPSA) is 328 Å². The Labute approximate surface area is 247 Å². The molecule has 18 nitrogen and oxygen atoms in total. The van der Waals surface area contributed by atoms with Crippen molar-refractivity contribution in [2.45, 2.75) is 25.7 Å². The predicted molar refractivity (Wildman–Crippen MR) is 144 cm³/mol. The molecule has 0 aromatic heterocycles. The van der Waals surface area contributed by atoms with Crippen molar-refractivity contribution in [3.8, 4) is 0 Å². The first-order valence-electron chi connectivity index (χ1n) is 11.9. The fraction of sp³-hybridized carbons (Fsp3) is 0.231. The number of aliphatic carboxylic acids is 2. The van der Waals surface area contributed by atoms with Crippen LogP contribution in [0.5, 0.6) is 0 Å². The van der Waals surface area contributed by atoms with Gasteiger partial charge in [-0.2, -0.15) is 19.2 Å². The minimum Gasteiger partial charge on any atom is -0.481 e. The van der Waals surface area contributed by atoms with Gasteiger partial charge in [0.2, 0.25) is 0 Å². The van der Waals surface area contributed by atoms with Crippen molar-refractivity contribution >= 4 is 59.4 Å². The molecule has 0 atom stereocenters. The van der Waals surface area contributed by atoms with Crippen LogP contribution in [0.1, 0.15) is 67.1 Å². The summed E-state index contributed by atoms with van der Waals surface area (Å²) in [6.07, 6.45) is 0.918. The molecule has 0 aliphatic heterocycles. The molecular weight excluding hydrogens is 592 g/mol. The maximum atomic E-state index is 11.8. The molecule has 0 saturated carbocycles. The summed E-state index contributed by atoms with van der Waals surface area (Å²) in [5.74, 6) is -5.53. The molecule has 2 rings (SSSR count). The van der Waals surface area contributed by atoms with Crippen molar-refractivity contribution in [2.24, 2.45) is 0 Å². The van der Waals surface area contributed by atoms with Crippen LogP contribution in [0.2, 0.25) is 0 Å². The Kier molecular flexibility index (Phi) is 20.2. The molecule has 0 bridgehead atoms. The molecule has 0 fully saturated rings. The zero-order chi connectivity index (χ0) is 34.2. The summed E-state index contributed by atoms with van der Waals surface area (Å²) in [5, 5.41) is 39.7. The number of carboxylic acid groups (broad SMARTS) is 4. The number of anilines is 2. The number of hydrogen-bond donors (Lipinski definition) is 8. The molecule has 2 aromatic rings. The number of carbonyl (C=O) groups is 6. The van der Waals surface area contributed by atoms with Crippen molar-refractivity contribution in [1.29, 1.82) is 0 Å². The van der Waals surface area contributed by atoms with Crippen LogP contribution in [0.4, 0.5) is 11.4 Å². The standard InChI is InChI=1S/2C12H14N2O5.2CO2/c13-7-3-4-8(12(18)19)9(6-7)11(17)14-5-1-2-10(15)16;13-7-3-4-8(9(6-7)12(18)19)11(17)14-5-1-2-10(15)16;2*2-1-3/h2*3-4,6H,1-2,5,13H2,(H,14,17)(H,15,16)(H,18,19);;. The lowest BCUT2D eigenvalue weighted by atomic mass is 10.1. The molecule has 0 radical (unpaired) electrons. The zero-order valence-electron chi connectivity index (χ0n) is 22.7. The highest BCUT2D eigenvalue weighted by Crippen LogP contribution is 2.15. The molecule has 2 aromatic carbocycles. The van der Waals surface area contributed by atoms with Gasteiger partial charge >= 0.3 is 36.2 Å². The highest BCUT2D eigenvalue weighted by atomic mass is 16.4. The lowest BCUT2D eigenvalue weighted by Gasteiger charge is -2.08. The summed E-state index contributed by atoms with van der Waals surface area (Å²) < 4.78 is 0. The number of rotatable bonds is 12. The third-order valence-corrected chi connectivity index (χ3v) is 4.74. The molecule has 236 valence electrons. The fourth-order valence-electron chi connectivity index (χ4n) is 2.95. The Morgan fingerprint density at radius 3 is 1.27 bits per heavy atom. The smallest absolute Gasteiger partial charge is 0.373 e. The summed E-state index contributed by atoms with van der Waals surface area (Å²) >= 11 is 0. The summed E-state index contributed by atoms with van der Waals surface area (Å²) in [5.41, 5.74) is 11.1. The highest BCUT2D eigenvalue weighted by Gasteiger charge is 2.17. The van der Waals surface area contributed by atoms with E-state index in [0.29, 0.717) is 0 Å². The molecule has 2 amide bonds. The Morgan fingerprint density at radius 2 is 0.909 bits per heavy atom. The van der Waals surface area contributed by atoms with Crippen molar-refractivity contribution in [3.63, 3.8) is 0 Å². The highest BCUT2D eigenvalue weighted by molar-refractivity contribution is 6.06. The number of hydrogen-bond acceptors (Lipinski definition) is 12. The third kappa shape index (κ3) is 17.3. The number of carboxylic acids is 4. The van der Waals surface area contributed by atoms with Gasteiger partial charge in [-0.15, -0.1) is 0 Å². The molecule has 18 heteroatoms. The number of nitrogen functional groups attached to an aromatic ring is 2. The second kappa shape index (κ2) is 22.3. The molecule has 0 unspecified atom stereocenters. The number of nitrogens with two attached hydrogens (primary N) is 2. The minimum absolute atomic E-state index is 0.00275. The number of carbonyl (C=O) groups excluding carboxylic acids is 6. The second-order valence-corrected chi connectivity index (χ2v) is 7.89. The van der Waals surface area contributed by atoms with Gasteiger partial charge in [0.1, 0.15) is 0 Å². The molecule has 44 heavy (non-hydrogen) atoms. The van der Waals surface area contributed by atoms with Crippen LogP contribution in [0.15, 0.2) is 36.4 Å². The molecular formula is C26H28N4O14. The zero-order valence-corrected chi connectivity index (χ0v) is 22.7. The summed E-state index contributed by atoms with van der Waals surface area (Å²) in [6, 6.07) is 7.88. The number of benzene rings is 2. The second-order valence-electron chi connectivity index (χ2n) is 7.89. The average molecular weight is 621 g/mol. The Hall–Kier alpha value is -6.38. The Morgan fingerprint density at radius 1 is 0.568 bits per heavy atom. The van der Waals surface area contributed by atoms with Crippen molar-refractivity contribution in [1.82, 2.24) is 10.6 Å². The first kappa shape index (κ1) is 39.8. The van der Waals surface area contributed by atoms with Crippen molar-refractivity contribution in [2.75, 3.05) is 24.6 Å². The number of amides is 2. The van der Waals surface area contributed by atoms with E-state index < -0.39 is 35.7 Å². The van der Waals surface area contributed by atoms with E-state index in [1.807, 2.05) is 0 Å². The van der Waals surface area contributed by atoms with Crippen molar-refractivity contribution in [3.05, 3.63) is 58.7 Å². The van der Waals surface area contributed by atoms with Gasteiger partial charge in [0.25, 0.3) is 11.8 Å². The van der Waals surface area contributed by atoms with Crippen LogP contribution in [-0.2, 0) is 28.8 Å². The van der Waals surface area contributed by atoms with Gasteiger partial charge < -0.3 is 42.5 Å². The molecule has 10 N–H and O–H groups in total. The molecule has 0 spiro atoms. The normalized spacial score (nSPS) is 8.91. The van der Waals surface area contributed by atoms with E-state index in [0.717, 1.165) is 0 Å². The van der Waals surface area contributed by atoms with Gasteiger partial charge in [0, 0.05) is 37.3 Å². The first-order valence-corrected chi connectivity index (χ1v) is 11.9. The molecule has 0 aliphatic carbocycles. The van der Waals surface area contributed by atoms with Gasteiger partial charge in [-0.1, -0.05) is 0 Å². The summed E-state index contributed by atoms with van der Waals surface area (Å²) in [4.78, 5) is 98.6. The Balaban J connectivity index is 0. The van der Waals surface area contributed by atoms with E-state index in [9.17, 15) is 28.8 Å². The van der Waals surface area contributed by atoms with E-state index in [-0.39, 0.29) is 84.7 Å². The molecule has 0 saturated heterocycles. The lowest BCUT2D eigenvalue weighted by Crippen LogP contribution is -2.26. The van der Waals surface area contributed by atoms with E-state index in [2.05, 4.69) is 10.6 Å². The SMILES string of the molecule is Nc1ccc(C(=O)NCCCC(=O)O)c(C(=O)O)c1.Nc1ccc(C(=O)O)c(C(=O)NCCCC(=O)O)c1.O=C=O.O=C=O. The van der Waals surface area contributed by atoms with Crippen LogP contribution in [-0.4, -0.2) is 81.5 Å². The largest absolute Gasteiger partial charge is 0.481 e. The van der Waals surface area contributed by atoms with E-state index in [1.165, 1.54) is 36.4 Å². The fourth-order valence-corrected chi connectivity index (χ4v) is 2.95. The van der Waals surface area contributed by atoms with E-state index >= 15 is 0 Å². The maximum absolute atomic E-state index is 11.8. The summed E-state index contributed by atoms with van der Waals surface area (Å²) in [6.45, 7) is 0.313. The Bertz CT molecular complexity index is 1380. The van der Waals surface area contributed by atoms with Gasteiger partial charge in [-0.05, 0) is 49.2 Å². The maximum Gasteiger partial charge on any atom is 0.373 e. The minimum atomic E-state index is -1.25. The van der Waals surface area contributed by atoms with Gasteiger partial charge in [-0.3, -0.25) is 19.2 Å². The van der Waals surface area contributed by atoms with E-state index in [4.69, 9.17) is 51.1 Å². The quantitative estimate of drug-likeness (QED) is 0.114. The monoisotopic (exact) mass is 620 g/mol. The van der Waals surface area contributed by atoms with Crippen LogP contribution in [0, 0.1) is 0 Å². The van der Waals surface area contributed by atoms with Crippen LogP contribution < -0.4 is 22.1 Å². The molecule has 0 aliphatic rings. The third-order valence-electron chi connectivity index (χ3n) is 4.74. The number of nitrogens with one attached hydrogen (secondary N) is 2. The number of aromatic carboxylic acids is 2. The average Bonchev–Trinajstić information content (AvgIpc) is 2.94. The van der Waals surface area contributed by atoms with Crippen LogP contribution in [0.25, 0.3) is 0 Å². The molecule has 0 heterocycles. The van der Waals surface area contributed by atoms with Crippen LogP contribution in [0.3, 0.4) is 0 Å². The van der Waals surface area contributed by atoms with Gasteiger partial charge in [0.05, 0.1) is 22.3 Å². The van der Waals surface area contributed by atoms with Gasteiger partial charge in [0.15, 0.2) is 0 Å². The van der Waals surface area contributed by atoms with Gasteiger partial charge in [-0.25, -0.2) is 9.59 Å². The van der Waals surface area contributed by atoms with Crippen molar-refractivity contribution < 1.29 is 68.4 Å².